The van der Waals surface area contributed by atoms with Crippen LogP contribution in [0.2, 0.25) is 5.02 Å². The number of benzene rings is 2. The minimum absolute atomic E-state index is 0.0700. The van der Waals surface area contributed by atoms with Crippen LogP contribution >= 0.6 is 11.6 Å². The van der Waals surface area contributed by atoms with E-state index in [9.17, 15) is 9.18 Å². The van der Waals surface area contributed by atoms with Crippen molar-refractivity contribution in [3.8, 4) is 5.75 Å². The van der Waals surface area contributed by atoms with E-state index in [2.05, 4.69) is 5.32 Å². The maximum absolute atomic E-state index is 13.3. The molecule has 2 aromatic rings. The third kappa shape index (κ3) is 4.96. The van der Waals surface area contributed by atoms with Crippen LogP contribution in [0.1, 0.15) is 24.4 Å². The second kappa shape index (κ2) is 8.52. The zero-order chi connectivity index (χ0) is 18.5. The summed E-state index contributed by atoms with van der Waals surface area (Å²) < 4.78 is 19.0. The van der Waals surface area contributed by atoms with Gasteiger partial charge in [0.05, 0.1) is 5.02 Å². The lowest BCUT2D eigenvalue weighted by Gasteiger charge is -2.27. The van der Waals surface area contributed by atoms with E-state index >= 15 is 0 Å². The van der Waals surface area contributed by atoms with Gasteiger partial charge in [-0.3, -0.25) is 9.69 Å². The Morgan fingerprint density at radius 2 is 1.96 bits per heavy atom. The smallest absolute Gasteiger partial charge is 0.242 e. The van der Waals surface area contributed by atoms with Crippen molar-refractivity contribution in [1.82, 2.24) is 10.2 Å². The number of carbonyl (C=O) groups excluding carboxylic acids is 1. The molecule has 1 amide bonds. The van der Waals surface area contributed by atoms with Crippen LogP contribution in [-0.2, 0) is 4.79 Å². The van der Waals surface area contributed by atoms with E-state index in [0.717, 1.165) is 18.4 Å². The number of para-hydroxylation sites is 1. The molecule has 0 spiro atoms. The SMILES string of the molecule is CN(CCOc1ccccc1Cl)C(C(=O)NC1CC1)c1ccc(F)cc1. The molecule has 1 aliphatic rings. The van der Waals surface area contributed by atoms with Crippen molar-refractivity contribution in [2.75, 3.05) is 20.2 Å². The standard InChI is InChI=1S/C20H22ClFN2O2/c1-24(12-13-26-18-5-3-2-4-17(18)21)19(20(25)23-16-10-11-16)14-6-8-15(22)9-7-14/h2-9,16,19H,10-13H2,1H3,(H,23,25). The minimum atomic E-state index is -0.494. The van der Waals surface area contributed by atoms with Crippen LogP contribution in [0.15, 0.2) is 48.5 Å². The van der Waals surface area contributed by atoms with Crippen LogP contribution in [0, 0.1) is 5.82 Å². The molecule has 0 saturated heterocycles. The van der Waals surface area contributed by atoms with E-state index in [4.69, 9.17) is 16.3 Å². The van der Waals surface area contributed by atoms with Crippen molar-refractivity contribution < 1.29 is 13.9 Å². The fourth-order valence-corrected chi connectivity index (χ4v) is 2.94. The summed E-state index contributed by atoms with van der Waals surface area (Å²) in [4.78, 5) is 14.6. The number of nitrogens with one attached hydrogen (secondary N) is 1. The quantitative estimate of drug-likeness (QED) is 0.761. The number of amides is 1. The van der Waals surface area contributed by atoms with Gasteiger partial charge in [-0.2, -0.15) is 0 Å². The Labute approximate surface area is 157 Å². The number of likely N-dealkylation sites (N-methyl/N-ethyl adjacent to an activating group) is 1. The number of nitrogens with zero attached hydrogens (tertiary/aromatic N) is 1. The van der Waals surface area contributed by atoms with Crippen molar-refractivity contribution in [3.05, 3.63) is 64.9 Å². The van der Waals surface area contributed by atoms with Crippen LogP contribution in [0.5, 0.6) is 5.75 Å². The minimum Gasteiger partial charge on any atom is -0.491 e. The van der Waals surface area contributed by atoms with E-state index in [1.165, 1.54) is 12.1 Å². The van der Waals surface area contributed by atoms with Crippen molar-refractivity contribution in [1.29, 1.82) is 0 Å². The van der Waals surface area contributed by atoms with Crippen LogP contribution in [0.3, 0.4) is 0 Å². The lowest BCUT2D eigenvalue weighted by atomic mass is 10.0. The average Bonchev–Trinajstić information content (AvgIpc) is 3.42. The number of ether oxygens (including phenoxy) is 1. The first-order valence-corrected chi connectivity index (χ1v) is 9.06. The lowest BCUT2D eigenvalue weighted by Crippen LogP contribution is -2.41. The topological polar surface area (TPSA) is 41.6 Å². The summed E-state index contributed by atoms with van der Waals surface area (Å²) in [6, 6.07) is 13.1. The Morgan fingerprint density at radius 1 is 1.27 bits per heavy atom. The molecule has 26 heavy (non-hydrogen) atoms. The fraction of sp³-hybridized carbons (Fsp3) is 0.350. The molecule has 0 bridgehead atoms. The highest BCUT2D eigenvalue weighted by atomic mass is 35.5. The molecule has 6 heteroatoms. The average molecular weight is 377 g/mol. The molecule has 2 aromatic carbocycles. The predicted molar refractivity (Wildman–Crippen MR) is 99.9 cm³/mol. The van der Waals surface area contributed by atoms with Gasteiger partial charge in [0.25, 0.3) is 0 Å². The molecule has 0 aromatic heterocycles. The molecular weight excluding hydrogens is 355 g/mol. The molecule has 0 radical (unpaired) electrons. The van der Waals surface area contributed by atoms with Crippen LogP contribution in [0.25, 0.3) is 0 Å². The van der Waals surface area contributed by atoms with E-state index in [-0.39, 0.29) is 17.8 Å². The summed E-state index contributed by atoms with van der Waals surface area (Å²) in [5, 5.41) is 3.58. The highest BCUT2D eigenvalue weighted by Crippen LogP contribution is 2.25. The monoisotopic (exact) mass is 376 g/mol. The summed E-state index contributed by atoms with van der Waals surface area (Å²) in [6.45, 7) is 0.903. The molecule has 1 unspecified atom stereocenters. The van der Waals surface area contributed by atoms with Crippen LogP contribution < -0.4 is 10.1 Å². The first kappa shape index (κ1) is 18.7. The molecule has 0 heterocycles. The number of carbonyl (C=O) groups is 1. The summed E-state index contributed by atoms with van der Waals surface area (Å²) in [5.41, 5.74) is 0.754. The summed E-state index contributed by atoms with van der Waals surface area (Å²) in [6.07, 6.45) is 2.03. The Balaban J connectivity index is 1.65. The van der Waals surface area contributed by atoms with E-state index < -0.39 is 6.04 Å². The molecule has 1 saturated carbocycles. The summed E-state index contributed by atoms with van der Waals surface area (Å²) >= 11 is 6.09. The maximum atomic E-state index is 13.3. The largest absolute Gasteiger partial charge is 0.491 e. The normalized spacial score (nSPS) is 14.9. The van der Waals surface area contributed by atoms with Gasteiger partial charge in [-0.1, -0.05) is 35.9 Å². The van der Waals surface area contributed by atoms with Crippen LogP contribution in [-0.4, -0.2) is 37.0 Å². The van der Waals surface area contributed by atoms with Gasteiger partial charge >= 0.3 is 0 Å². The van der Waals surface area contributed by atoms with Crippen LogP contribution in [0.4, 0.5) is 4.39 Å². The van der Waals surface area contributed by atoms with Gasteiger partial charge in [0.1, 0.15) is 24.2 Å². The molecule has 138 valence electrons. The molecule has 0 aliphatic heterocycles. The second-order valence-corrected chi connectivity index (χ2v) is 6.90. The van der Waals surface area contributed by atoms with E-state index in [0.29, 0.717) is 23.9 Å². The zero-order valence-electron chi connectivity index (χ0n) is 14.6. The van der Waals surface area contributed by atoms with Gasteiger partial charge < -0.3 is 10.1 Å². The lowest BCUT2D eigenvalue weighted by molar-refractivity contribution is -0.126. The van der Waals surface area contributed by atoms with Gasteiger partial charge in [-0.25, -0.2) is 4.39 Å². The number of halogens is 2. The maximum Gasteiger partial charge on any atom is 0.242 e. The molecule has 1 atom stereocenters. The third-order valence-corrected chi connectivity index (χ3v) is 4.65. The van der Waals surface area contributed by atoms with Gasteiger partial charge in [-0.05, 0) is 49.7 Å². The number of hydrogen-bond acceptors (Lipinski definition) is 3. The first-order valence-electron chi connectivity index (χ1n) is 8.68. The van der Waals surface area contributed by atoms with Gasteiger partial charge in [0.15, 0.2) is 0 Å². The molecular formula is C20H22ClFN2O2. The molecule has 1 aliphatic carbocycles. The van der Waals surface area contributed by atoms with E-state index in [1.54, 1.807) is 24.3 Å². The highest BCUT2D eigenvalue weighted by Gasteiger charge is 2.30. The number of rotatable bonds is 8. The second-order valence-electron chi connectivity index (χ2n) is 6.50. The Kier molecular flexibility index (Phi) is 6.12. The van der Waals surface area contributed by atoms with Crippen molar-refractivity contribution in [3.63, 3.8) is 0 Å². The van der Waals surface area contributed by atoms with E-state index in [1.807, 2.05) is 24.1 Å². The first-order chi connectivity index (χ1) is 12.5. The Morgan fingerprint density at radius 3 is 2.62 bits per heavy atom. The number of hydrogen-bond donors (Lipinski definition) is 1. The van der Waals surface area contributed by atoms with Gasteiger partial charge in [0, 0.05) is 12.6 Å². The molecule has 1 fully saturated rings. The zero-order valence-corrected chi connectivity index (χ0v) is 15.4. The third-order valence-electron chi connectivity index (χ3n) is 4.34. The molecule has 3 rings (SSSR count). The van der Waals surface area contributed by atoms with Crippen molar-refractivity contribution >= 4 is 17.5 Å². The Bertz CT molecular complexity index is 750. The van der Waals surface area contributed by atoms with Gasteiger partial charge in [0.2, 0.25) is 5.91 Å². The fourth-order valence-electron chi connectivity index (χ4n) is 2.75. The highest BCUT2D eigenvalue weighted by molar-refractivity contribution is 6.32. The molecule has 4 nitrogen and oxygen atoms in total. The van der Waals surface area contributed by atoms with Gasteiger partial charge in [-0.15, -0.1) is 0 Å². The molecule has 1 N–H and O–H groups in total. The summed E-state index contributed by atoms with van der Waals surface area (Å²) in [5.74, 6) is 0.225. The Hall–Kier alpha value is -2.11. The summed E-state index contributed by atoms with van der Waals surface area (Å²) in [7, 11) is 1.86. The van der Waals surface area contributed by atoms with Crippen molar-refractivity contribution in [2.24, 2.45) is 0 Å². The van der Waals surface area contributed by atoms with Crippen molar-refractivity contribution in [2.45, 2.75) is 24.9 Å². The predicted octanol–water partition coefficient (Wildman–Crippen LogP) is 3.81.